The summed E-state index contributed by atoms with van der Waals surface area (Å²) in [6.07, 6.45) is 2.55. The first-order valence-electron chi connectivity index (χ1n) is 11.5. The monoisotopic (exact) mass is 450 g/mol. The van der Waals surface area contributed by atoms with E-state index in [1.54, 1.807) is 11.3 Å². The number of hydrogen-bond acceptors (Lipinski definition) is 4. The number of fused-ring (bicyclic) bond motifs is 1. The summed E-state index contributed by atoms with van der Waals surface area (Å²) in [6, 6.07) is 12.9. The van der Waals surface area contributed by atoms with Crippen LogP contribution in [0.1, 0.15) is 85.1 Å². The van der Waals surface area contributed by atoms with E-state index in [1.807, 2.05) is 11.6 Å². The highest BCUT2D eigenvalue weighted by Gasteiger charge is 2.39. The normalized spacial score (nSPS) is 17.5. The highest BCUT2D eigenvalue weighted by atomic mass is 32.1. The van der Waals surface area contributed by atoms with Crippen molar-refractivity contribution in [2.75, 3.05) is 5.32 Å². The molecular formula is C26H34N4OS. The Morgan fingerprint density at radius 2 is 1.91 bits per heavy atom. The minimum Gasteiger partial charge on any atom is -0.362 e. The Labute approximate surface area is 195 Å². The average Bonchev–Trinajstić information content (AvgIpc) is 3.40. The average molecular weight is 451 g/mol. The smallest absolute Gasteiger partial charge is 0.257 e. The molecule has 1 aliphatic heterocycles. The summed E-state index contributed by atoms with van der Waals surface area (Å²) in [7, 11) is 0. The van der Waals surface area contributed by atoms with Gasteiger partial charge in [-0.2, -0.15) is 5.10 Å². The van der Waals surface area contributed by atoms with Gasteiger partial charge in [0.15, 0.2) is 0 Å². The number of carbonyl (C=O) groups is 1. The lowest BCUT2D eigenvalue weighted by molar-refractivity contribution is 0.0889. The molecule has 170 valence electrons. The predicted octanol–water partition coefficient (Wildman–Crippen LogP) is 6.30. The molecule has 1 aliphatic rings. The van der Waals surface area contributed by atoms with Crippen molar-refractivity contribution in [3.8, 4) is 0 Å². The topological polar surface area (TPSA) is 59.0 Å². The SMILES string of the molecule is CCC(CC)(NC(=O)c1c(C)nn2c1NC(c1cccs1)CC2(C)C)c1ccc(C)cc1. The Kier molecular flexibility index (Phi) is 5.93. The standard InChI is InChI=1S/C26H34N4OS/c1-7-26(8-2,19-13-11-17(3)12-14-19)28-24(31)22-18(4)29-30-23(22)27-20(16-25(30,5)6)21-10-9-15-32-21/h9-15,20,27H,7-8,16H2,1-6H3,(H,28,31). The van der Waals surface area contributed by atoms with Crippen LogP contribution in [-0.4, -0.2) is 15.7 Å². The van der Waals surface area contributed by atoms with E-state index in [-0.39, 0.29) is 17.5 Å². The van der Waals surface area contributed by atoms with E-state index in [1.165, 1.54) is 10.4 Å². The lowest BCUT2D eigenvalue weighted by atomic mass is 9.84. The van der Waals surface area contributed by atoms with Crippen LogP contribution in [0.15, 0.2) is 41.8 Å². The summed E-state index contributed by atoms with van der Waals surface area (Å²) >= 11 is 1.75. The zero-order valence-electron chi connectivity index (χ0n) is 20.0. The van der Waals surface area contributed by atoms with Gasteiger partial charge in [-0.25, -0.2) is 4.68 Å². The molecule has 0 saturated heterocycles. The van der Waals surface area contributed by atoms with Crippen molar-refractivity contribution in [3.63, 3.8) is 0 Å². The second-order valence-corrected chi connectivity index (χ2v) is 10.5. The van der Waals surface area contributed by atoms with E-state index in [4.69, 9.17) is 5.10 Å². The number of rotatable bonds is 6. The van der Waals surface area contributed by atoms with E-state index in [2.05, 4.69) is 87.0 Å². The summed E-state index contributed by atoms with van der Waals surface area (Å²) in [5.41, 5.74) is 3.16. The highest BCUT2D eigenvalue weighted by molar-refractivity contribution is 7.10. The van der Waals surface area contributed by atoms with Crippen molar-refractivity contribution < 1.29 is 4.79 Å². The second kappa shape index (κ2) is 8.39. The Bertz CT molecular complexity index is 1090. The van der Waals surface area contributed by atoms with Crippen LogP contribution in [0, 0.1) is 13.8 Å². The van der Waals surface area contributed by atoms with Gasteiger partial charge >= 0.3 is 0 Å². The van der Waals surface area contributed by atoms with Gasteiger partial charge in [0, 0.05) is 4.88 Å². The molecule has 2 N–H and O–H groups in total. The molecule has 1 atom stereocenters. The van der Waals surface area contributed by atoms with Crippen molar-refractivity contribution in [2.24, 2.45) is 0 Å². The second-order valence-electron chi connectivity index (χ2n) is 9.56. The minimum absolute atomic E-state index is 0.0665. The maximum Gasteiger partial charge on any atom is 0.257 e. The van der Waals surface area contributed by atoms with Gasteiger partial charge in [0.25, 0.3) is 5.91 Å². The lowest BCUT2D eigenvalue weighted by Crippen LogP contribution is -2.45. The zero-order chi connectivity index (χ0) is 23.1. The van der Waals surface area contributed by atoms with Crippen LogP contribution >= 0.6 is 11.3 Å². The Balaban J connectivity index is 1.72. The van der Waals surface area contributed by atoms with Crippen molar-refractivity contribution in [1.82, 2.24) is 15.1 Å². The minimum atomic E-state index is -0.413. The number of carbonyl (C=O) groups excluding carboxylic acids is 1. The van der Waals surface area contributed by atoms with Crippen molar-refractivity contribution >= 4 is 23.1 Å². The summed E-state index contributed by atoms with van der Waals surface area (Å²) in [6.45, 7) is 12.7. The molecule has 0 aliphatic carbocycles. The molecule has 0 saturated carbocycles. The number of nitrogens with zero attached hydrogens (tertiary/aromatic N) is 2. The zero-order valence-corrected chi connectivity index (χ0v) is 20.8. The number of anilines is 1. The molecule has 0 fully saturated rings. The third-order valence-electron chi connectivity index (χ3n) is 6.93. The third kappa shape index (κ3) is 3.85. The molecule has 3 heterocycles. The van der Waals surface area contributed by atoms with Crippen LogP contribution in [0.25, 0.3) is 0 Å². The molecular weight excluding hydrogens is 416 g/mol. The maximum atomic E-state index is 13.8. The quantitative estimate of drug-likeness (QED) is 0.463. The Hall–Kier alpha value is -2.60. The fourth-order valence-electron chi connectivity index (χ4n) is 4.89. The van der Waals surface area contributed by atoms with Crippen LogP contribution in [-0.2, 0) is 11.1 Å². The number of aromatic nitrogens is 2. The highest BCUT2D eigenvalue weighted by Crippen LogP contribution is 2.42. The van der Waals surface area contributed by atoms with E-state index in [0.717, 1.165) is 36.3 Å². The molecule has 0 bridgehead atoms. The molecule has 1 unspecified atom stereocenters. The number of amides is 1. The fraction of sp³-hybridized carbons (Fsp3) is 0.462. The molecule has 4 rings (SSSR count). The van der Waals surface area contributed by atoms with E-state index in [0.29, 0.717) is 5.56 Å². The van der Waals surface area contributed by atoms with E-state index < -0.39 is 5.54 Å². The van der Waals surface area contributed by atoms with Crippen LogP contribution in [0.2, 0.25) is 0 Å². The largest absolute Gasteiger partial charge is 0.362 e. The van der Waals surface area contributed by atoms with Crippen molar-refractivity contribution in [3.05, 3.63) is 69.0 Å². The van der Waals surface area contributed by atoms with E-state index >= 15 is 0 Å². The van der Waals surface area contributed by atoms with Crippen LogP contribution in [0.4, 0.5) is 5.82 Å². The molecule has 0 spiro atoms. The molecule has 0 radical (unpaired) electrons. The van der Waals surface area contributed by atoms with Crippen molar-refractivity contribution in [1.29, 1.82) is 0 Å². The van der Waals surface area contributed by atoms with Gasteiger partial charge in [0.1, 0.15) is 11.4 Å². The van der Waals surface area contributed by atoms with Gasteiger partial charge < -0.3 is 10.6 Å². The van der Waals surface area contributed by atoms with Gasteiger partial charge in [0.05, 0.1) is 22.8 Å². The fourth-order valence-corrected chi connectivity index (χ4v) is 5.67. The maximum absolute atomic E-state index is 13.8. The molecule has 5 nitrogen and oxygen atoms in total. The number of hydrogen-bond donors (Lipinski definition) is 2. The molecule has 3 aromatic rings. The summed E-state index contributed by atoms with van der Waals surface area (Å²) in [5, 5.41) is 14.0. The predicted molar refractivity (Wildman–Crippen MR) is 132 cm³/mol. The van der Waals surface area contributed by atoms with E-state index in [9.17, 15) is 4.79 Å². The molecule has 6 heteroatoms. The first-order valence-corrected chi connectivity index (χ1v) is 12.4. The third-order valence-corrected chi connectivity index (χ3v) is 7.91. The van der Waals surface area contributed by atoms with Gasteiger partial charge in [-0.05, 0) is 64.0 Å². The molecule has 1 amide bonds. The summed E-state index contributed by atoms with van der Waals surface area (Å²) in [4.78, 5) is 15.1. The van der Waals surface area contributed by atoms with Gasteiger partial charge in [-0.3, -0.25) is 4.79 Å². The van der Waals surface area contributed by atoms with Gasteiger partial charge in [-0.15, -0.1) is 11.3 Å². The van der Waals surface area contributed by atoms with Crippen LogP contribution < -0.4 is 10.6 Å². The molecule has 1 aromatic carbocycles. The van der Waals surface area contributed by atoms with Crippen molar-refractivity contribution in [2.45, 2.75) is 77.9 Å². The summed E-state index contributed by atoms with van der Waals surface area (Å²) in [5.74, 6) is 0.753. The van der Waals surface area contributed by atoms with Crippen LogP contribution in [0.5, 0.6) is 0 Å². The van der Waals surface area contributed by atoms with Gasteiger partial charge in [-0.1, -0.05) is 49.7 Å². The Morgan fingerprint density at radius 3 is 2.50 bits per heavy atom. The number of benzene rings is 1. The summed E-state index contributed by atoms with van der Waals surface area (Å²) < 4.78 is 2.01. The van der Waals surface area contributed by atoms with Gasteiger partial charge in [0.2, 0.25) is 0 Å². The van der Waals surface area contributed by atoms with Crippen LogP contribution in [0.3, 0.4) is 0 Å². The lowest BCUT2D eigenvalue weighted by Gasteiger charge is -2.38. The molecule has 2 aromatic heterocycles. The Morgan fingerprint density at radius 1 is 1.22 bits per heavy atom. The number of aryl methyl sites for hydroxylation is 2. The first kappa shape index (κ1) is 22.6. The molecule has 32 heavy (non-hydrogen) atoms. The number of thiophene rings is 1. The number of nitrogens with one attached hydrogen (secondary N) is 2. The first-order chi connectivity index (χ1) is 15.2.